The van der Waals surface area contributed by atoms with Crippen LogP contribution in [0, 0.1) is 17.5 Å². The largest absolute Gasteiger partial charge is 0.334 e. The molecule has 9 heteroatoms. The molecule has 1 heterocycles. The van der Waals surface area contributed by atoms with Crippen molar-refractivity contribution in [3.05, 3.63) is 80.5 Å². The minimum atomic E-state index is -1.13. The number of pyridine rings is 1. The number of amides is 2. The second kappa shape index (κ2) is 8.16. The lowest BCUT2D eigenvalue weighted by atomic mass is 10.0. The molecule has 29 heavy (non-hydrogen) atoms. The van der Waals surface area contributed by atoms with E-state index < -0.39 is 35.1 Å². The number of benzene rings is 2. The molecule has 2 aromatic carbocycles. The lowest BCUT2D eigenvalue weighted by molar-refractivity contribution is 0.194. The Kier molecular flexibility index (Phi) is 5.83. The van der Waals surface area contributed by atoms with Gasteiger partial charge in [-0.3, -0.25) is 4.79 Å². The van der Waals surface area contributed by atoms with Crippen LogP contribution in [0.1, 0.15) is 24.1 Å². The summed E-state index contributed by atoms with van der Waals surface area (Å²) in [7, 11) is 1.52. The van der Waals surface area contributed by atoms with Gasteiger partial charge in [0.05, 0.1) is 16.5 Å². The fourth-order valence-corrected chi connectivity index (χ4v) is 3.16. The quantitative estimate of drug-likeness (QED) is 0.649. The Bertz CT molecular complexity index is 1150. The summed E-state index contributed by atoms with van der Waals surface area (Å²) in [6, 6.07) is 4.85. The number of carbonyl (C=O) groups excluding carboxylic acids is 1. The summed E-state index contributed by atoms with van der Waals surface area (Å²) in [5.74, 6) is -2.77. The Morgan fingerprint density at radius 3 is 2.45 bits per heavy atom. The number of nitrogens with one attached hydrogen (secondary N) is 2. The van der Waals surface area contributed by atoms with Crippen molar-refractivity contribution in [2.45, 2.75) is 19.5 Å². The molecule has 0 aliphatic carbocycles. The molecule has 0 saturated carbocycles. The Balaban J connectivity index is 1.82. The van der Waals surface area contributed by atoms with Gasteiger partial charge in [0.1, 0.15) is 5.82 Å². The van der Waals surface area contributed by atoms with Gasteiger partial charge in [0.25, 0.3) is 5.56 Å². The van der Waals surface area contributed by atoms with Gasteiger partial charge in [0.2, 0.25) is 0 Å². The van der Waals surface area contributed by atoms with Gasteiger partial charge in [-0.05, 0) is 47.7 Å². The molecule has 1 atom stereocenters. The summed E-state index contributed by atoms with van der Waals surface area (Å²) in [5, 5.41) is 2.83. The van der Waals surface area contributed by atoms with E-state index in [-0.39, 0.29) is 22.3 Å². The molecule has 0 aliphatic rings. The zero-order chi connectivity index (χ0) is 21.3. The van der Waals surface area contributed by atoms with E-state index in [1.807, 2.05) is 0 Å². The lowest BCUT2D eigenvalue weighted by Crippen LogP contribution is -2.38. The van der Waals surface area contributed by atoms with E-state index in [1.54, 1.807) is 6.92 Å². The van der Waals surface area contributed by atoms with E-state index in [0.717, 1.165) is 12.1 Å². The van der Waals surface area contributed by atoms with Crippen LogP contribution in [0.15, 0.2) is 41.3 Å². The maximum Gasteiger partial charge on any atom is 0.317 e. The van der Waals surface area contributed by atoms with E-state index in [9.17, 15) is 22.8 Å². The van der Waals surface area contributed by atoms with E-state index in [4.69, 9.17) is 11.6 Å². The van der Waals surface area contributed by atoms with Crippen LogP contribution >= 0.6 is 11.6 Å². The average molecular weight is 424 g/mol. The molecule has 0 fully saturated rings. The van der Waals surface area contributed by atoms with Gasteiger partial charge in [-0.15, -0.1) is 0 Å². The topological polar surface area (TPSA) is 65.2 Å². The average Bonchev–Trinajstić information content (AvgIpc) is 2.69. The molecular formula is C20H17ClF3N3O2. The monoisotopic (exact) mass is 423 g/mol. The first-order chi connectivity index (χ1) is 13.7. The fraction of sp³-hybridized carbons (Fsp3) is 0.200. The fourth-order valence-electron chi connectivity index (χ4n) is 2.95. The highest BCUT2D eigenvalue weighted by atomic mass is 35.5. The van der Waals surface area contributed by atoms with Gasteiger partial charge in [-0.2, -0.15) is 0 Å². The van der Waals surface area contributed by atoms with Crippen molar-refractivity contribution < 1.29 is 18.0 Å². The number of rotatable bonds is 4. The number of nitrogens with zero attached hydrogens (tertiary/aromatic N) is 1. The zero-order valence-corrected chi connectivity index (χ0v) is 16.3. The van der Waals surface area contributed by atoms with Crippen LogP contribution in [0.2, 0.25) is 5.02 Å². The van der Waals surface area contributed by atoms with Crippen molar-refractivity contribution in [3.8, 4) is 0 Å². The second-order valence-corrected chi connectivity index (χ2v) is 6.99. The van der Waals surface area contributed by atoms with Crippen molar-refractivity contribution in [2.24, 2.45) is 0 Å². The number of H-pyrrole nitrogens is 1. The molecule has 152 valence electrons. The maximum atomic E-state index is 13.7. The van der Waals surface area contributed by atoms with Gasteiger partial charge in [-0.1, -0.05) is 17.7 Å². The predicted molar refractivity (Wildman–Crippen MR) is 104 cm³/mol. The first-order valence-corrected chi connectivity index (χ1v) is 9.01. The zero-order valence-electron chi connectivity index (χ0n) is 15.5. The van der Waals surface area contributed by atoms with E-state index in [1.165, 1.54) is 36.3 Å². The smallest absolute Gasteiger partial charge is 0.317 e. The van der Waals surface area contributed by atoms with Gasteiger partial charge in [0.15, 0.2) is 11.6 Å². The molecule has 3 aromatic rings. The van der Waals surface area contributed by atoms with Crippen LogP contribution in [0.4, 0.5) is 18.0 Å². The molecule has 0 saturated heterocycles. The minimum Gasteiger partial charge on any atom is -0.334 e. The van der Waals surface area contributed by atoms with E-state index in [2.05, 4.69) is 10.3 Å². The maximum absolute atomic E-state index is 13.7. The van der Waals surface area contributed by atoms with Crippen molar-refractivity contribution in [2.75, 3.05) is 7.05 Å². The molecule has 0 aliphatic heterocycles. The number of urea groups is 1. The summed E-state index contributed by atoms with van der Waals surface area (Å²) in [6.07, 6.45) is 1.37. The highest BCUT2D eigenvalue weighted by Gasteiger charge is 2.21. The van der Waals surface area contributed by atoms with Crippen LogP contribution in [0.3, 0.4) is 0 Å². The molecule has 3 rings (SSSR count). The first-order valence-electron chi connectivity index (χ1n) is 8.64. The van der Waals surface area contributed by atoms with Crippen molar-refractivity contribution in [1.82, 2.24) is 15.2 Å². The van der Waals surface area contributed by atoms with Crippen LogP contribution in [-0.4, -0.2) is 23.0 Å². The van der Waals surface area contributed by atoms with E-state index in [0.29, 0.717) is 11.1 Å². The number of hydrogen-bond donors (Lipinski definition) is 2. The molecule has 0 radical (unpaired) electrons. The van der Waals surface area contributed by atoms with Crippen molar-refractivity contribution >= 4 is 28.4 Å². The standard InChI is InChI=1S/C20H17ClF3N3O2/c1-10(14-9-25-19(28)13-7-18(24)17(23)6-12(13)14)27(2)20(29)26-8-11-3-4-16(22)15(21)5-11/h3-7,9-10H,8H2,1-2H3,(H,25,28)(H,26,29). The Hall–Kier alpha value is -3.00. The number of aromatic amines is 1. The third kappa shape index (κ3) is 4.22. The molecule has 1 unspecified atom stereocenters. The number of carbonyl (C=O) groups is 1. The molecule has 2 amide bonds. The third-order valence-electron chi connectivity index (χ3n) is 4.75. The van der Waals surface area contributed by atoms with Gasteiger partial charge in [0, 0.05) is 19.8 Å². The number of aromatic nitrogens is 1. The molecule has 2 N–H and O–H groups in total. The van der Waals surface area contributed by atoms with Crippen molar-refractivity contribution in [1.29, 1.82) is 0 Å². The lowest BCUT2D eigenvalue weighted by Gasteiger charge is -2.26. The second-order valence-electron chi connectivity index (χ2n) is 6.58. The number of halogens is 4. The molecule has 0 spiro atoms. The summed E-state index contributed by atoms with van der Waals surface area (Å²) in [5.41, 5.74) is 0.494. The normalized spacial score (nSPS) is 12.1. The van der Waals surface area contributed by atoms with Gasteiger partial charge < -0.3 is 15.2 Å². The molecule has 0 bridgehead atoms. The molecule has 5 nitrogen and oxygen atoms in total. The number of hydrogen-bond acceptors (Lipinski definition) is 2. The third-order valence-corrected chi connectivity index (χ3v) is 5.04. The summed E-state index contributed by atoms with van der Waals surface area (Å²) >= 11 is 5.73. The Morgan fingerprint density at radius 2 is 1.79 bits per heavy atom. The minimum absolute atomic E-state index is 0.0111. The van der Waals surface area contributed by atoms with Crippen LogP contribution in [-0.2, 0) is 6.54 Å². The Labute approximate surface area is 169 Å². The Morgan fingerprint density at radius 1 is 1.14 bits per heavy atom. The predicted octanol–water partition coefficient (Wildman–Crippen LogP) is 4.50. The van der Waals surface area contributed by atoms with Crippen molar-refractivity contribution in [3.63, 3.8) is 0 Å². The van der Waals surface area contributed by atoms with Gasteiger partial charge in [-0.25, -0.2) is 18.0 Å². The number of fused-ring (bicyclic) bond motifs is 1. The summed E-state index contributed by atoms with van der Waals surface area (Å²) < 4.78 is 40.5. The SMILES string of the molecule is CC(c1c[nH]c(=O)c2cc(F)c(F)cc12)N(C)C(=O)NCc1ccc(F)c(Cl)c1. The van der Waals surface area contributed by atoms with Crippen LogP contribution < -0.4 is 10.9 Å². The highest BCUT2D eigenvalue weighted by molar-refractivity contribution is 6.30. The molecule has 1 aromatic heterocycles. The highest BCUT2D eigenvalue weighted by Crippen LogP contribution is 2.27. The van der Waals surface area contributed by atoms with Gasteiger partial charge >= 0.3 is 6.03 Å². The molecular weight excluding hydrogens is 407 g/mol. The van der Waals surface area contributed by atoms with E-state index >= 15 is 0 Å². The van der Waals surface area contributed by atoms with Crippen LogP contribution in [0.5, 0.6) is 0 Å². The summed E-state index contributed by atoms with van der Waals surface area (Å²) in [4.78, 5) is 28.3. The first kappa shape index (κ1) is 20.7. The van der Waals surface area contributed by atoms with Crippen LogP contribution in [0.25, 0.3) is 10.8 Å². The summed E-state index contributed by atoms with van der Waals surface area (Å²) in [6.45, 7) is 1.80.